The van der Waals surface area contributed by atoms with E-state index in [4.69, 9.17) is 18.6 Å². The fourth-order valence-electron chi connectivity index (χ4n) is 3.95. The van der Waals surface area contributed by atoms with Crippen molar-refractivity contribution in [1.82, 2.24) is 35.2 Å². The lowest BCUT2D eigenvalue weighted by Gasteiger charge is -2.36. The quantitative estimate of drug-likeness (QED) is 0.330. The Bertz CT molecular complexity index is 1470. The van der Waals surface area contributed by atoms with Crippen LogP contribution in [0, 0.1) is 5.41 Å². The van der Waals surface area contributed by atoms with Crippen LogP contribution in [0.3, 0.4) is 0 Å². The number of ether oxygens (including phenoxy) is 3. The van der Waals surface area contributed by atoms with E-state index < -0.39 is 5.41 Å². The molecule has 5 heterocycles. The summed E-state index contributed by atoms with van der Waals surface area (Å²) in [4.78, 5) is 22.6. The third kappa shape index (κ3) is 5.30. The van der Waals surface area contributed by atoms with Gasteiger partial charge in [-0.05, 0) is 38.5 Å². The summed E-state index contributed by atoms with van der Waals surface area (Å²) in [6.45, 7) is 7.52. The first-order valence-corrected chi connectivity index (χ1v) is 12.4. The van der Waals surface area contributed by atoms with Crippen molar-refractivity contribution < 1.29 is 23.4 Å². The molecule has 4 aromatic rings. The summed E-state index contributed by atoms with van der Waals surface area (Å²) in [5.41, 5.74) is 1.89. The highest BCUT2D eigenvalue weighted by molar-refractivity contribution is 5.75. The van der Waals surface area contributed by atoms with Gasteiger partial charge in [0.2, 0.25) is 12.7 Å². The maximum absolute atomic E-state index is 11.9. The monoisotopic (exact) mass is 533 g/mol. The SMILES string of the molecule is CC(C)(C)C(=O)OCn1cc(C2CN(c3nnc(-c4cnc(NCc5ccc6c(c5)OCO6)nc4)o3)C2)nn1. The molecule has 3 aromatic heterocycles. The summed E-state index contributed by atoms with van der Waals surface area (Å²) in [6, 6.07) is 6.18. The number of nitrogens with one attached hydrogen (secondary N) is 1. The second kappa shape index (κ2) is 9.85. The van der Waals surface area contributed by atoms with Gasteiger partial charge >= 0.3 is 12.0 Å². The van der Waals surface area contributed by atoms with E-state index >= 15 is 0 Å². The van der Waals surface area contributed by atoms with Crippen molar-refractivity contribution in [2.75, 3.05) is 30.1 Å². The van der Waals surface area contributed by atoms with Gasteiger partial charge in [0.15, 0.2) is 18.2 Å². The highest BCUT2D eigenvalue weighted by Crippen LogP contribution is 2.33. The summed E-state index contributed by atoms with van der Waals surface area (Å²) in [6.07, 6.45) is 5.06. The Balaban J connectivity index is 0.996. The first kappa shape index (κ1) is 24.6. The lowest BCUT2D eigenvalue weighted by Crippen LogP contribution is -2.45. The molecule has 0 unspecified atom stereocenters. The van der Waals surface area contributed by atoms with E-state index in [-0.39, 0.29) is 25.4 Å². The molecule has 39 heavy (non-hydrogen) atoms. The highest BCUT2D eigenvalue weighted by atomic mass is 16.7. The van der Waals surface area contributed by atoms with Crippen molar-refractivity contribution in [3.63, 3.8) is 0 Å². The Labute approximate surface area is 223 Å². The van der Waals surface area contributed by atoms with Gasteiger partial charge in [-0.3, -0.25) is 4.79 Å². The second-order valence-electron chi connectivity index (χ2n) is 10.3. The lowest BCUT2D eigenvalue weighted by molar-refractivity contribution is -0.157. The minimum atomic E-state index is -0.569. The van der Waals surface area contributed by atoms with Crippen molar-refractivity contribution in [3.05, 3.63) is 48.0 Å². The van der Waals surface area contributed by atoms with E-state index in [2.05, 4.69) is 35.8 Å². The van der Waals surface area contributed by atoms with Crippen molar-refractivity contribution >= 4 is 17.9 Å². The Kier molecular flexibility index (Phi) is 6.21. The Morgan fingerprint density at radius 2 is 1.90 bits per heavy atom. The maximum Gasteiger partial charge on any atom is 0.318 e. The van der Waals surface area contributed by atoms with E-state index in [1.807, 2.05) is 23.1 Å². The lowest BCUT2D eigenvalue weighted by atomic mass is 9.97. The topological polar surface area (TPSA) is 155 Å². The van der Waals surface area contributed by atoms with Gasteiger partial charge in [0, 0.05) is 37.9 Å². The highest BCUT2D eigenvalue weighted by Gasteiger charge is 2.34. The average Bonchev–Trinajstić information content (AvgIpc) is 3.66. The molecule has 14 nitrogen and oxygen atoms in total. The summed E-state index contributed by atoms with van der Waals surface area (Å²) in [7, 11) is 0. The molecule has 0 amide bonds. The molecule has 0 radical (unpaired) electrons. The number of aromatic nitrogens is 7. The molecule has 2 aliphatic rings. The Morgan fingerprint density at radius 3 is 2.69 bits per heavy atom. The van der Waals surface area contributed by atoms with Gasteiger partial charge in [0.25, 0.3) is 5.89 Å². The van der Waals surface area contributed by atoms with Gasteiger partial charge in [0.05, 0.1) is 22.9 Å². The minimum Gasteiger partial charge on any atom is -0.454 e. The van der Waals surface area contributed by atoms with Gasteiger partial charge in [-0.15, -0.1) is 10.2 Å². The standard InChI is InChI=1S/C25H27N9O5/c1-25(2,3)22(35)36-13-34-12-18(29-32-34)17-10-33(11-17)24-31-30-21(39-24)16-8-27-23(28-9-16)26-7-15-4-5-19-20(6-15)38-14-37-19/h4-6,8-9,12,17H,7,10-11,13-14H2,1-3H3,(H,26,27,28). The second-order valence-corrected chi connectivity index (χ2v) is 10.3. The van der Waals surface area contributed by atoms with E-state index in [9.17, 15) is 4.79 Å². The Morgan fingerprint density at radius 1 is 1.10 bits per heavy atom. The van der Waals surface area contributed by atoms with Crippen molar-refractivity contribution in [1.29, 1.82) is 0 Å². The predicted octanol–water partition coefficient (Wildman–Crippen LogP) is 2.61. The number of carbonyl (C=O) groups excluding carboxylic acids is 1. The number of benzene rings is 1. The van der Waals surface area contributed by atoms with E-state index in [1.165, 1.54) is 4.68 Å². The van der Waals surface area contributed by atoms with Crippen LogP contribution in [-0.2, 0) is 22.8 Å². The minimum absolute atomic E-state index is 0.0291. The molecule has 0 saturated carbocycles. The number of fused-ring (bicyclic) bond motifs is 1. The number of esters is 1. The predicted molar refractivity (Wildman–Crippen MR) is 136 cm³/mol. The number of hydrogen-bond acceptors (Lipinski definition) is 13. The van der Waals surface area contributed by atoms with Crippen LogP contribution in [0.5, 0.6) is 11.5 Å². The first-order valence-electron chi connectivity index (χ1n) is 12.4. The van der Waals surface area contributed by atoms with Gasteiger partial charge in [-0.1, -0.05) is 16.4 Å². The van der Waals surface area contributed by atoms with Crippen LogP contribution in [0.25, 0.3) is 11.5 Å². The van der Waals surface area contributed by atoms with Crippen LogP contribution in [-0.4, -0.2) is 61.0 Å². The van der Waals surface area contributed by atoms with Gasteiger partial charge < -0.3 is 28.8 Å². The molecule has 0 bridgehead atoms. The number of hydrogen-bond donors (Lipinski definition) is 1. The molecule has 202 valence electrons. The smallest absolute Gasteiger partial charge is 0.318 e. The molecule has 1 aromatic carbocycles. The van der Waals surface area contributed by atoms with Gasteiger partial charge in [0.1, 0.15) is 0 Å². The fraction of sp³-hybridized carbons (Fsp3) is 0.400. The number of rotatable bonds is 8. The molecule has 1 saturated heterocycles. The Hall–Kier alpha value is -4.75. The van der Waals surface area contributed by atoms with Crippen LogP contribution in [0.4, 0.5) is 12.0 Å². The van der Waals surface area contributed by atoms with Crippen molar-refractivity contribution in [3.8, 4) is 23.0 Å². The van der Waals surface area contributed by atoms with Crippen LogP contribution < -0.4 is 19.7 Å². The zero-order valence-electron chi connectivity index (χ0n) is 21.7. The molecule has 6 rings (SSSR count). The van der Waals surface area contributed by atoms with E-state index in [1.54, 1.807) is 39.4 Å². The normalized spacial score (nSPS) is 14.8. The largest absolute Gasteiger partial charge is 0.454 e. The molecular weight excluding hydrogens is 506 g/mol. The summed E-state index contributed by atoms with van der Waals surface area (Å²) >= 11 is 0. The van der Waals surface area contributed by atoms with Crippen LogP contribution in [0.15, 0.2) is 41.2 Å². The van der Waals surface area contributed by atoms with Gasteiger partial charge in [-0.25, -0.2) is 14.6 Å². The average molecular weight is 534 g/mol. The molecule has 0 spiro atoms. The first-order chi connectivity index (χ1) is 18.8. The van der Waals surface area contributed by atoms with Gasteiger partial charge in [-0.2, -0.15) is 0 Å². The molecule has 0 aliphatic carbocycles. The number of anilines is 2. The maximum atomic E-state index is 11.9. The fourth-order valence-corrected chi connectivity index (χ4v) is 3.95. The van der Waals surface area contributed by atoms with Crippen LogP contribution in [0.1, 0.15) is 37.9 Å². The number of carbonyl (C=O) groups is 1. The van der Waals surface area contributed by atoms with Crippen LogP contribution in [0.2, 0.25) is 0 Å². The summed E-state index contributed by atoms with van der Waals surface area (Å²) < 4.78 is 23.4. The molecule has 1 N–H and O–H groups in total. The molecule has 0 atom stereocenters. The molecule has 1 fully saturated rings. The number of nitrogens with zero attached hydrogens (tertiary/aromatic N) is 8. The van der Waals surface area contributed by atoms with Crippen molar-refractivity contribution in [2.24, 2.45) is 5.41 Å². The summed E-state index contributed by atoms with van der Waals surface area (Å²) in [5, 5.41) is 19.8. The molecular formula is C25H27N9O5. The molecule has 14 heteroatoms. The zero-order chi connectivity index (χ0) is 27.0. The summed E-state index contributed by atoms with van der Waals surface area (Å²) in [5.74, 6) is 2.16. The third-order valence-corrected chi connectivity index (χ3v) is 6.27. The van der Waals surface area contributed by atoms with E-state index in [0.717, 1.165) is 22.8 Å². The molecule has 2 aliphatic heterocycles. The zero-order valence-corrected chi connectivity index (χ0v) is 21.7. The van der Waals surface area contributed by atoms with E-state index in [0.29, 0.717) is 43.1 Å². The van der Waals surface area contributed by atoms with Crippen LogP contribution >= 0.6 is 0 Å². The van der Waals surface area contributed by atoms with Crippen molar-refractivity contribution in [2.45, 2.75) is 40.0 Å². The third-order valence-electron chi connectivity index (χ3n) is 6.27.